The van der Waals surface area contributed by atoms with E-state index in [9.17, 15) is 0 Å². The van der Waals surface area contributed by atoms with Crippen LogP contribution in [0.4, 0.5) is 0 Å². The number of rotatable bonds is 3. The standard InChI is InChI=1S/C18H28N2/c1-15-3-5-17(6-4-15)18-9-12-20(14-18)13-16-7-10-19(2)11-8-16/h3-6,16,18H,7-14H2,1-2H3. The lowest BCUT2D eigenvalue weighted by atomic mass is 9.96. The zero-order chi connectivity index (χ0) is 13.9. The number of likely N-dealkylation sites (tertiary alicyclic amines) is 2. The maximum Gasteiger partial charge on any atom is 0.00509 e. The van der Waals surface area contributed by atoms with Crippen molar-refractivity contribution >= 4 is 0 Å². The molecule has 20 heavy (non-hydrogen) atoms. The van der Waals surface area contributed by atoms with Gasteiger partial charge in [-0.2, -0.15) is 0 Å². The van der Waals surface area contributed by atoms with Crippen molar-refractivity contribution in [1.82, 2.24) is 9.80 Å². The fourth-order valence-electron chi connectivity index (χ4n) is 3.72. The predicted octanol–water partition coefficient (Wildman–Crippen LogP) is 3.13. The zero-order valence-electron chi connectivity index (χ0n) is 13.0. The number of nitrogens with zero attached hydrogens (tertiary/aromatic N) is 2. The van der Waals surface area contributed by atoms with Gasteiger partial charge in [-0.3, -0.25) is 0 Å². The Bertz CT molecular complexity index is 418. The lowest BCUT2D eigenvalue weighted by Gasteiger charge is -2.31. The van der Waals surface area contributed by atoms with Gasteiger partial charge < -0.3 is 9.80 Å². The minimum Gasteiger partial charge on any atom is -0.306 e. The summed E-state index contributed by atoms with van der Waals surface area (Å²) < 4.78 is 0. The molecule has 2 nitrogen and oxygen atoms in total. The van der Waals surface area contributed by atoms with Crippen LogP contribution in [-0.4, -0.2) is 49.6 Å². The summed E-state index contributed by atoms with van der Waals surface area (Å²) >= 11 is 0. The zero-order valence-corrected chi connectivity index (χ0v) is 13.0. The van der Waals surface area contributed by atoms with Crippen molar-refractivity contribution in [2.45, 2.75) is 32.1 Å². The third-order valence-electron chi connectivity index (χ3n) is 5.18. The van der Waals surface area contributed by atoms with Gasteiger partial charge in [0.05, 0.1) is 0 Å². The Balaban J connectivity index is 1.50. The molecule has 1 aromatic rings. The molecular formula is C18H28N2. The van der Waals surface area contributed by atoms with Crippen LogP contribution in [0.15, 0.2) is 24.3 Å². The monoisotopic (exact) mass is 272 g/mol. The van der Waals surface area contributed by atoms with Crippen LogP contribution in [-0.2, 0) is 0 Å². The molecule has 1 atom stereocenters. The highest BCUT2D eigenvalue weighted by Crippen LogP contribution is 2.29. The highest BCUT2D eigenvalue weighted by Gasteiger charge is 2.26. The van der Waals surface area contributed by atoms with Crippen LogP contribution in [0.3, 0.4) is 0 Å². The summed E-state index contributed by atoms with van der Waals surface area (Å²) in [5, 5.41) is 0. The molecule has 3 rings (SSSR count). The first-order valence-electron chi connectivity index (χ1n) is 8.18. The second-order valence-corrected chi connectivity index (χ2v) is 6.90. The normalized spacial score (nSPS) is 26.2. The second-order valence-electron chi connectivity index (χ2n) is 6.90. The van der Waals surface area contributed by atoms with E-state index in [-0.39, 0.29) is 0 Å². The summed E-state index contributed by atoms with van der Waals surface area (Å²) in [5.41, 5.74) is 2.91. The summed E-state index contributed by atoms with van der Waals surface area (Å²) in [6, 6.07) is 9.18. The van der Waals surface area contributed by atoms with Gasteiger partial charge in [-0.1, -0.05) is 29.8 Å². The predicted molar refractivity (Wildman–Crippen MR) is 85.2 cm³/mol. The van der Waals surface area contributed by atoms with E-state index in [4.69, 9.17) is 0 Å². The van der Waals surface area contributed by atoms with E-state index in [0.717, 1.165) is 11.8 Å². The van der Waals surface area contributed by atoms with Gasteiger partial charge in [-0.15, -0.1) is 0 Å². The first kappa shape index (κ1) is 14.1. The van der Waals surface area contributed by atoms with Crippen molar-refractivity contribution in [3.63, 3.8) is 0 Å². The average molecular weight is 272 g/mol. The highest BCUT2D eigenvalue weighted by molar-refractivity contribution is 5.25. The van der Waals surface area contributed by atoms with Crippen molar-refractivity contribution in [3.8, 4) is 0 Å². The van der Waals surface area contributed by atoms with Gasteiger partial charge in [0.15, 0.2) is 0 Å². The Kier molecular flexibility index (Phi) is 4.42. The molecule has 110 valence electrons. The van der Waals surface area contributed by atoms with Gasteiger partial charge in [-0.05, 0) is 70.3 Å². The number of hydrogen-bond acceptors (Lipinski definition) is 2. The molecule has 1 unspecified atom stereocenters. The van der Waals surface area contributed by atoms with Crippen LogP contribution in [0, 0.1) is 12.8 Å². The van der Waals surface area contributed by atoms with Crippen LogP contribution >= 0.6 is 0 Å². The fraction of sp³-hybridized carbons (Fsp3) is 0.667. The molecule has 2 fully saturated rings. The molecule has 1 aromatic carbocycles. The lowest BCUT2D eigenvalue weighted by Crippen LogP contribution is -2.36. The number of benzene rings is 1. The Morgan fingerprint density at radius 1 is 1.00 bits per heavy atom. The molecule has 0 N–H and O–H groups in total. The molecule has 2 heterocycles. The van der Waals surface area contributed by atoms with Crippen molar-refractivity contribution in [1.29, 1.82) is 0 Å². The molecule has 0 amide bonds. The molecule has 0 spiro atoms. The molecule has 0 radical (unpaired) electrons. The Morgan fingerprint density at radius 3 is 2.40 bits per heavy atom. The smallest absolute Gasteiger partial charge is 0.00509 e. The van der Waals surface area contributed by atoms with Crippen LogP contribution < -0.4 is 0 Å². The fourth-order valence-corrected chi connectivity index (χ4v) is 3.72. The largest absolute Gasteiger partial charge is 0.306 e. The molecule has 2 heteroatoms. The SMILES string of the molecule is Cc1ccc(C2CCN(CC3CCN(C)CC3)C2)cc1. The number of aryl methyl sites for hydroxylation is 1. The molecule has 0 saturated carbocycles. The average Bonchev–Trinajstić information content (AvgIpc) is 2.91. The van der Waals surface area contributed by atoms with Crippen molar-refractivity contribution in [3.05, 3.63) is 35.4 Å². The minimum absolute atomic E-state index is 0.766. The van der Waals surface area contributed by atoms with Crippen LogP contribution in [0.25, 0.3) is 0 Å². The maximum atomic E-state index is 2.71. The summed E-state index contributed by atoms with van der Waals surface area (Å²) in [6.45, 7) is 8.65. The number of hydrogen-bond donors (Lipinski definition) is 0. The molecule has 2 saturated heterocycles. The minimum atomic E-state index is 0.766. The van der Waals surface area contributed by atoms with Crippen LogP contribution in [0.1, 0.15) is 36.3 Å². The summed E-state index contributed by atoms with van der Waals surface area (Å²) in [7, 11) is 2.25. The Morgan fingerprint density at radius 2 is 1.70 bits per heavy atom. The van der Waals surface area contributed by atoms with Gasteiger partial charge >= 0.3 is 0 Å². The summed E-state index contributed by atoms with van der Waals surface area (Å²) in [5.74, 6) is 1.70. The van der Waals surface area contributed by atoms with Gasteiger partial charge in [-0.25, -0.2) is 0 Å². The molecule has 2 aliphatic heterocycles. The van der Waals surface area contributed by atoms with Crippen molar-refractivity contribution in [2.24, 2.45) is 5.92 Å². The maximum absolute atomic E-state index is 2.71. The Hall–Kier alpha value is -0.860. The Labute approximate surface area is 123 Å². The summed E-state index contributed by atoms with van der Waals surface area (Å²) in [4.78, 5) is 5.18. The first-order chi connectivity index (χ1) is 9.70. The molecular weight excluding hydrogens is 244 g/mol. The molecule has 0 aliphatic carbocycles. The van der Waals surface area contributed by atoms with E-state index in [0.29, 0.717) is 0 Å². The van der Waals surface area contributed by atoms with Crippen molar-refractivity contribution < 1.29 is 0 Å². The molecule has 0 bridgehead atoms. The molecule has 0 aromatic heterocycles. The van der Waals surface area contributed by atoms with Crippen molar-refractivity contribution in [2.75, 3.05) is 39.8 Å². The quantitative estimate of drug-likeness (QED) is 0.834. The second kappa shape index (κ2) is 6.28. The topological polar surface area (TPSA) is 6.48 Å². The van der Waals surface area contributed by atoms with Gasteiger partial charge in [0, 0.05) is 13.1 Å². The lowest BCUT2D eigenvalue weighted by molar-refractivity contribution is 0.175. The van der Waals surface area contributed by atoms with Gasteiger partial charge in [0.2, 0.25) is 0 Å². The highest BCUT2D eigenvalue weighted by atomic mass is 15.2. The number of piperidine rings is 1. The third kappa shape index (κ3) is 3.42. The van der Waals surface area contributed by atoms with E-state index >= 15 is 0 Å². The van der Waals surface area contributed by atoms with Crippen LogP contribution in [0.5, 0.6) is 0 Å². The van der Waals surface area contributed by atoms with Crippen LogP contribution in [0.2, 0.25) is 0 Å². The van der Waals surface area contributed by atoms with E-state index in [2.05, 4.69) is 48.0 Å². The van der Waals surface area contributed by atoms with E-state index < -0.39 is 0 Å². The third-order valence-corrected chi connectivity index (χ3v) is 5.18. The summed E-state index contributed by atoms with van der Waals surface area (Å²) in [6.07, 6.45) is 4.13. The molecule has 2 aliphatic rings. The van der Waals surface area contributed by atoms with E-state index in [1.807, 2.05) is 0 Å². The van der Waals surface area contributed by atoms with Gasteiger partial charge in [0.1, 0.15) is 0 Å². The van der Waals surface area contributed by atoms with E-state index in [1.54, 1.807) is 5.56 Å². The van der Waals surface area contributed by atoms with E-state index in [1.165, 1.54) is 57.5 Å². The first-order valence-corrected chi connectivity index (χ1v) is 8.18. The van der Waals surface area contributed by atoms with Gasteiger partial charge in [0.25, 0.3) is 0 Å².